The highest BCUT2D eigenvalue weighted by Gasteiger charge is 2.30. The fourth-order valence-corrected chi connectivity index (χ4v) is 3.68. The maximum Gasteiger partial charge on any atom is 0.239 e. The molecule has 2 fully saturated rings. The largest absolute Gasteiger partial charge is 0.341 e. The van der Waals surface area contributed by atoms with E-state index in [9.17, 15) is 4.79 Å². The summed E-state index contributed by atoms with van der Waals surface area (Å²) in [6, 6.07) is 6.08. The summed E-state index contributed by atoms with van der Waals surface area (Å²) in [7, 11) is 0. The third kappa shape index (κ3) is 4.33. The van der Waals surface area contributed by atoms with Gasteiger partial charge < -0.3 is 4.90 Å². The van der Waals surface area contributed by atoms with Crippen LogP contribution in [0.3, 0.4) is 0 Å². The van der Waals surface area contributed by atoms with E-state index in [1.54, 1.807) is 0 Å². The number of nitrogens with zero attached hydrogens (tertiary/aromatic N) is 4. The van der Waals surface area contributed by atoms with Crippen molar-refractivity contribution in [3.05, 3.63) is 30.1 Å². The number of hydrogen-bond donors (Lipinski definition) is 0. The first-order chi connectivity index (χ1) is 11.6. The van der Waals surface area contributed by atoms with Gasteiger partial charge in [-0.05, 0) is 37.8 Å². The number of pyridine rings is 1. The highest BCUT2D eigenvalue weighted by Crippen LogP contribution is 2.18. The average molecular weight is 330 g/mol. The SMILES string of the molecule is CC1CCN(C(=O)C(C)N2CCN(Cc3ccccn3)CC2)CC1. The molecule has 2 aliphatic heterocycles. The van der Waals surface area contributed by atoms with Gasteiger partial charge in [0.15, 0.2) is 0 Å². The number of piperazine rings is 1. The van der Waals surface area contributed by atoms with E-state index in [0.717, 1.165) is 70.3 Å². The van der Waals surface area contributed by atoms with Crippen molar-refractivity contribution in [2.24, 2.45) is 5.92 Å². The molecule has 5 heteroatoms. The predicted octanol–water partition coefficient (Wildman–Crippen LogP) is 1.85. The predicted molar refractivity (Wildman–Crippen MR) is 95.5 cm³/mol. The molecular weight excluding hydrogens is 300 g/mol. The minimum absolute atomic E-state index is 0.00964. The van der Waals surface area contributed by atoms with Crippen LogP contribution in [0, 0.1) is 5.92 Å². The van der Waals surface area contributed by atoms with E-state index in [-0.39, 0.29) is 6.04 Å². The van der Waals surface area contributed by atoms with Gasteiger partial charge in [-0.1, -0.05) is 13.0 Å². The lowest BCUT2D eigenvalue weighted by molar-refractivity contribution is -0.138. The van der Waals surface area contributed by atoms with Crippen LogP contribution in [-0.2, 0) is 11.3 Å². The Bertz CT molecular complexity index is 519. The Morgan fingerprint density at radius 3 is 2.50 bits per heavy atom. The fraction of sp³-hybridized carbons (Fsp3) is 0.684. The van der Waals surface area contributed by atoms with Crippen LogP contribution in [0.15, 0.2) is 24.4 Å². The van der Waals surface area contributed by atoms with Gasteiger partial charge >= 0.3 is 0 Å². The van der Waals surface area contributed by atoms with Crippen molar-refractivity contribution in [1.29, 1.82) is 0 Å². The van der Waals surface area contributed by atoms with Crippen LogP contribution in [-0.4, -0.2) is 70.9 Å². The van der Waals surface area contributed by atoms with Crippen LogP contribution in [0.4, 0.5) is 0 Å². The molecule has 0 aromatic carbocycles. The Morgan fingerprint density at radius 1 is 1.17 bits per heavy atom. The van der Waals surface area contributed by atoms with E-state index in [1.165, 1.54) is 0 Å². The number of carbonyl (C=O) groups is 1. The first-order valence-electron chi connectivity index (χ1n) is 9.28. The van der Waals surface area contributed by atoms with Crippen LogP contribution in [0.1, 0.15) is 32.4 Å². The van der Waals surface area contributed by atoms with Crippen LogP contribution in [0.2, 0.25) is 0 Å². The second-order valence-electron chi connectivity index (χ2n) is 7.32. The van der Waals surface area contributed by atoms with Gasteiger partial charge in [0.2, 0.25) is 5.91 Å². The maximum absolute atomic E-state index is 12.7. The summed E-state index contributed by atoms with van der Waals surface area (Å²) < 4.78 is 0. The van der Waals surface area contributed by atoms with Gasteiger partial charge in [-0.25, -0.2) is 0 Å². The van der Waals surface area contributed by atoms with E-state index in [1.807, 2.05) is 18.3 Å². The number of amides is 1. The van der Waals surface area contributed by atoms with Crippen molar-refractivity contribution in [2.75, 3.05) is 39.3 Å². The fourth-order valence-electron chi connectivity index (χ4n) is 3.68. The molecule has 0 aliphatic carbocycles. The van der Waals surface area contributed by atoms with Gasteiger partial charge in [-0.15, -0.1) is 0 Å². The second kappa shape index (κ2) is 8.08. The number of aromatic nitrogens is 1. The zero-order valence-electron chi connectivity index (χ0n) is 15.0. The van der Waals surface area contributed by atoms with E-state index in [4.69, 9.17) is 0 Å². The van der Waals surface area contributed by atoms with E-state index >= 15 is 0 Å². The summed E-state index contributed by atoms with van der Waals surface area (Å²) in [5, 5.41) is 0. The summed E-state index contributed by atoms with van der Waals surface area (Å²) in [5.74, 6) is 1.08. The lowest BCUT2D eigenvalue weighted by atomic mass is 9.98. The minimum atomic E-state index is 0.00964. The molecule has 132 valence electrons. The molecule has 0 N–H and O–H groups in total. The molecule has 2 aliphatic rings. The molecule has 24 heavy (non-hydrogen) atoms. The summed E-state index contributed by atoms with van der Waals surface area (Å²) in [6.07, 6.45) is 4.15. The monoisotopic (exact) mass is 330 g/mol. The standard InChI is InChI=1S/C19H30N4O/c1-16-6-9-23(10-7-16)19(24)17(2)22-13-11-21(12-14-22)15-18-5-3-4-8-20-18/h3-5,8,16-17H,6-7,9-15H2,1-2H3. The summed E-state index contributed by atoms with van der Waals surface area (Å²) >= 11 is 0. The molecule has 0 spiro atoms. The second-order valence-corrected chi connectivity index (χ2v) is 7.32. The molecule has 0 radical (unpaired) electrons. The number of likely N-dealkylation sites (tertiary alicyclic amines) is 1. The third-order valence-electron chi connectivity index (χ3n) is 5.52. The smallest absolute Gasteiger partial charge is 0.239 e. The van der Waals surface area contributed by atoms with Crippen molar-refractivity contribution in [2.45, 2.75) is 39.3 Å². The van der Waals surface area contributed by atoms with Crippen LogP contribution in [0.5, 0.6) is 0 Å². The van der Waals surface area contributed by atoms with E-state index in [0.29, 0.717) is 5.91 Å². The van der Waals surface area contributed by atoms with Crippen molar-refractivity contribution in [3.63, 3.8) is 0 Å². The zero-order chi connectivity index (χ0) is 16.9. The quantitative estimate of drug-likeness (QED) is 0.845. The highest BCUT2D eigenvalue weighted by molar-refractivity contribution is 5.81. The lowest BCUT2D eigenvalue weighted by Gasteiger charge is -2.40. The first kappa shape index (κ1) is 17.4. The maximum atomic E-state index is 12.7. The average Bonchev–Trinajstić information content (AvgIpc) is 2.63. The van der Waals surface area contributed by atoms with Gasteiger partial charge in [0, 0.05) is 52.0 Å². The van der Waals surface area contributed by atoms with Crippen molar-refractivity contribution < 1.29 is 4.79 Å². The Morgan fingerprint density at radius 2 is 1.88 bits per heavy atom. The molecule has 1 unspecified atom stereocenters. The molecule has 1 aromatic heterocycles. The molecular formula is C19H30N4O. The number of piperidine rings is 1. The third-order valence-corrected chi connectivity index (χ3v) is 5.52. The molecule has 0 bridgehead atoms. The number of rotatable bonds is 4. The number of hydrogen-bond acceptors (Lipinski definition) is 4. The summed E-state index contributed by atoms with van der Waals surface area (Å²) in [6.45, 7) is 11.1. The Hall–Kier alpha value is -1.46. The molecule has 3 rings (SSSR count). The zero-order valence-corrected chi connectivity index (χ0v) is 15.0. The Labute approximate surface area is 145 Å². The Balaban J connectivity index is 1.46. The normalized spacial score (nSPS) is 22.5. The van der Waals surface area contributed by atoms with Crippen LogP contribution in [0.25, 0.3) is 0 Å². The van der Waals surface area contributed by atoms with Gasteiger partial charge in [0.05, 0.1) is 11.7 Å². The minimum Gasteiger partial charge on any atom is -0.341 e. The summed E-state index contributed by atoms with van der Waals surface area (Å²) in [4.78, 5) is 24.0. The van der Waals surface area contributed by atoms with Crippen LogP contribution < -0.4 is 0 Å². The van der Waals surface area contributed by atoms with Gasteiger partial charge in [0.25, 0.3) is 0 Å². The van der Waals surface area contributed by atoms with Crippen LogP contribution >= 0.6 is 0 Å². The van der Waals surface area contributed by atoms with Gasteiger partial charge in [0.1, 0.15) is 0 Å². The van der Waals surface area contributed by atoms with E-state index in [2.05, 4.69) is 39.6 Å². The molecule has 1 atom stereocenters. The molecule has 5 nitrogen and oxygen atoms in total. The molecule has 1 aromatic rings. The highest BCUT2D eigenvalue weighted by atomic mass is 16.2. The topological polar surface area (TPSA) is 39.7 Å². The van der Waals surface area contributed by atoms with E-state index < -0.39 is 0 Å². The van der Waals surface area contributed by atoms with Crippen molar-refractivity contribution in [1.82, 2.24) is 19.7 Å². The molecule has 0 saturated carbocycles. The number of carbonyl (C=O) groups excluding carboxylic acids is 1. The molecule has 1 amide bonds. The van der Waals surface area contributed by atoms with Crippen molar-refractivity contribution in [3.8, 4) is 0 Å². The van der Waals surface area contributed by atoms with Gasteiger partial charge in [-0.2, -0.15) is 0 Å². The Kier molecular flexibility index (Phi) is 5.85. The summed E-state index contributed by atoms with van der Waals surface area (Å²) in [5.41, 5.74) is 1.12. The first-order valence-corrected chi connectivity index (χ1v) is 9.28. The lowest BCUT2D eigenvalue weighted by Crippen LogP contribution is -2.55. The van der Waals surface area contributed by atoms with Gasteiger partial charge in [-0.3, -0.25) is 19.6 Å². The molecule has 2 saturated heterocycles. The molecule has 3 heterocycles. The van der Waals surface area contributed by atoms with Crippen molar-refractivity contribution >= 4 is 5.91 Å².